The van der Waals surface area contributed by atoms with Crippen molar-refractivity contribution >= 4 is 22.9 Å². The zero-order chi connectivity index (χ0) is 13.1. The van der Waals surface area contributed by atoms with E-state index in [4.69, 9.17) is 0 Å². The van der Waals surface area contributed by atoms with Gasteiger partial charge in [0.25, 0.3) is 0 Å². The van der Waals surface area contributed by atoms with E-state index in [9.17, 15) is 0 Å². The minimum atomic E-state index is 0.570. The first kappa shape index (κ1) is 12.9. The summed E-state index contributed by atoms with van der Waals surface area (Å²) in [5.41, 5.74) is 1.70. The van der Waals surface area contributed by atoms with E-state index in [2.05, 4.69) is 32.3 Å². The smallest absolute Gasteiger partial charge is 0.181 e. The molecule has 2 aromatic rings. The Bertz CT molecular complexity index is 535. The molecule has 102 valence electrons. The van der Waals surface area contributed by atoms with Crippen LogP contribution in [0, 0.1) is 5.92 Å². The molecule has 0 amide bonds. The lowest BCUT2D eigenvalue weighted by Crippen LogP contribution is -2.34. The van der Waals surface area contributed by atoms with Crippen molar-refractivity contribution in [3.05, 3.63) is 12.7 Å². The lowest BCUT2D eigenvalue weighted by Gasteiger charge is -2.22. The number of imidazole rings is 1. The van der Waals surface area contributed by atoms with Crippen LogP contribution in [0.2, 0.25) is 0 Å². The number of thioether (sulfide) groups is 1. The van der Waals surface area contributed by atoms with Crippen molar-refractivity contribution in [1.82, 2.24) is 25.3 Å². The second-order valence-electron chi connectivity index (χ2n) is 5.03. The predicted octanol–water partition coefficient (Wildman–Crippen LogP) is 2.22. The lowest BCUT2D eigenvalue weighted by atomic mass is 10.0. The number of hydrogen-bond donors (Lipinski definition) is 2. The molecular formula is C13H19N5S. The van der Waals surface area contributed by atoms with Gasteiger partial charge in [0.15, 0.2) is 5.65 Å². The summed E-state index contributed by atoms with van der Waals surface area (Å²) in [5, 5.41) is 4.47. The Balaban J connectivity index is 1.69. The minimum absolute atomic E-state index is 0.570. The Morgan fingerprint density at radius 3 is 3.00 bits per heavy atom. The zero-order valence-corrected chi connectivity index (χ0v) is 11.9. The third-order valence-electron chi connectivity index (χ3n) is 3.93. The lowest BCUT2D eigenvalue weighted by molar-refractivity contribution is 0.410. The van der Waals surface area contributed by atoms with Crippen LogP contribution in [0.1, 0.15) is 25.7 Å². The molecular weight excluding hydrogens is 258 g/mol. The molecule has 0 radical (unpaired) electrons. The van der Waals surface area contributed by atoms with Crippen molar-refractivity contribution in [2.24, 2.45) is 5.92 Å². The van der Waals surface area contributed by atoms with Gasteiger partial charge >= 0.3 is 0 Å². The number of fused-ring (bicyclic) bond motifs is 1. The summed E-state index contributed by atoms with van der Waals surface area (Å²) in [7, 11) is 2.06. The SMILES string of the molecule is CNC(CSc1ncnc2nc[nH]c12)C1CCCC1. The summed E-state index contributed by atoms with van der Waals surface area (Å²) in [6.45, 7) is 0. The van der Waals surface area contributed by atoms with E-state index in [1.54, 1.807) is 24.4 Å². The van der Waals surface area contributed by atoms with Gasteiger partial charge < -0.3 is 10.3 Å². The van der Waals surface area contributed by atoms with Gasteiger partial charge in [0.05, 0.1) is 6.33 Å². The number of hydrogen-bond acceptors (Lipinski definition) is 5. The predicted molar refractivity (Wildman–Crippen MR) is 77.2 cm³/mol. The first-order valence-corrected chi connectivity index (χ1v) is 7.81. The van der Waals surface area contributed by atoms with Crippen LogP contribution in [0.5, 0.6) is 0 Å². The van der Waals surface area contributed by atoms with Crippen molar-refractivity contribution in [1.29, 1.82) is 0 Å². The van der Waals surface area contributed by atoms with Gasteiger partial charge in [-0.05, 0) is 25.8 Å². The van der Waals surface area contributed by atoms with Gasteiger partial charge in [0, 0.05) is 11.8 Å². The highest BCUT2D eigenvalue weighted by Crippen LogP contribution is 2.31. The molecule has 1 unspecified atom stereocenters. The molecule has 0 bridgehead atoms. The summed E-state index contributed by atoms with van der Waals surface area (Å²) in [5.74, 6) is 1.86. The molecule has 0 spiro atoms. The number of aromatic amines is 1. The van der Waals surface area contributed by atoms with E-state index in [0.717, 1.165) is 27.9 Å². The average Bonchev–Trinajstić information content (AvgIpc) is 3.10. The average molecular weight is 277 g/mol. The number of aromatic nitrogens is 4. The quantitative estimate of drug-likeness (QED) is 0.648. The fourth-order valence-electron chi connectivity index (χ4n) is 2.84. The molecule has 5 nitrogen and oxygen atoms in total. The Morgan fingerprint density at radius 1 is 1.37 bits per heavy atom. The minimum Gasteiger partial charge on any atom is -0.341 e. The fraction of sp³-hybridized carbons (Fsp3) is 0.615. The Kier molecular flexibility index (Phi) is 3.98. The number of nitrogens with zero attached hydrogens (tertiary/aromatic N) is 3. The third kappa shape index (κ3) is 2.74. The van der Waals surface area contributed by atoms with E-state index < -0.39 is 0 Å². The largest absolute Gasteiger partial charge is 0.341 e. The van der Waals surface area contributed by atoms with Crippen LogP contribution in [0.4, 0.5) is 0 Å². The summed E-state index contributed by atoms with van der Waals surface area (Å²) >= 11 is 1.79. The van der Waals surface area contributed by atoms with E-state index in [0.29, 0.717) is 6.04 Å². The highest BCUT2D eigenvalue weighted by atomic mass is 32.2. The highest BCUT2D eigenvalue weighted by Gasteiger charge is 2.24. The van der Waals surface area contributed by atoms with Crippen LogP contribution in [0.3, 0.4) is 0 Å². The van der Waals surface area contributed by atoms with Gasteiger partial charge in [-0.15, -0.1) is 11.8 Å². The van der Waals surface area contributed by atoms with Gasteiger partial charge in [-0.1, -0.05) is 12.8 Å². The molecule has 6 heteroatoms. The molecule has 0 saturated heterocycles. The summed E-state index contributed by atoms with van der Waals surface area (Å²) in [6, 6.07) is 0.570. The molecule has 1 aliphatic rings. The Hall–Kier alpha value is -1.14. The Labute approximate surface area is 117 Å². The highest BCUT2D eigenvalue weighted by molar-refractivity contribution is 7.99. The molecule has 19 heavy (non-hydrogen) atoms. The van der Waals surface area contributed by atoms with E-state index in [1.807, 2.05) is 0 Å². The van der Waals surface area contributed by atoms with Gasteiger partial charge in [0.2, 0.25) is 0 Å². The van der Waals surface area contributed by atoms with Crippen molar-refractivity contribution in [2.45, 2.75) is 36.8 Å². The Morgan fingerprint density at radius 2 is 2.21 bits per heavy atom. The molecule has 1 saturated carbocycles. The molecule has 0 aromatic carbocycles. The third-order valence-corrected chi connectivity index (χ3v) is 5.04. The number of nitrogens with one attached hydrogen (secondary N) is 2. The maximum Gasteiger partial charge on any atom is 0.181 e. The molecule has 2 aromatic heterocycles. The second kappa shape index (κ2) is 5.88. The van der Waals surface area contributed by atoms with Crippen LogP contribution in [0.25, 0.3) is 11.2 Å². The van der Waals surface area contributed by atoms with Crippen LogP contribution in [-0.4, -0.2) is 38.8 Å². The number of rotatable bonds is 5. The van der Waals surface area contributed by atoms with Gasteiger partial charge in [-0.2, -0.15) is 0 Å². The van der Waals surface area contributed by atoms with Crippen LogP contribution in [0.15, 0.2) is 17.7 Å². The molecule has 3 rings (SSSR count). The molecule has 0 aliphatic heterocycles. The molecule has 1 atom stereocenters. The summed E-state index contributed by atoms with van der Waals surface area (Å²) in [6.07, 6.45) is 8.74. The monoisotopic (exact) mass is 277 g/mol. The standard InChI is InChI=1S/C13H19N5S/c1-14-10(9-4-2-3-5-9)6-19-13-11-12(16-7-15-11)17-8-18-13/h7-10,14H,2-6H2,1H3,(H,15,16,17,18). The summed E-state index contributed by atoms with van der Waals surface area (Å²) < 4.78 is 0. The maximum atomic E-state index is 4.36. The van der Waals surface area contributed by atoms with E-state index >= 15 is 0 Å². The first-order chi connectivity index (χ1) is 9.38. The number of H-pyrrole nitrogens is 1. The van der Waals surface area contributed by atoms with Crippen LogP contribution >= 0.6 is 11.8 Å². The molecule has 2 N–H and O–H groups in total. The van der Waals surface area contributed by atoms with Gasteiger partial charge in [-0.3, -0.25) is 0 Å². The van der Waals surface area contributed by atoms with Crippen LogP contribution in [-0.2, 0) is 0 Å². The molecule has 1 fully saturated rings. The first-order valence-electron chi connectivity index (χ1n) is 6.82. The second-order valence-corrected chi connectivity index (χ2v) is 6.04. The molecule has 2 heterocycles. The molecule has 1 aliphatic carbocycles. The summed E-state index contributed by atoms with van der Waals surface area (Å²) in [4.78, 5) is 15.8. The van der Waals surface area contributed by atoms with Crippen molar-refractivity contribution in [2.75, 3.05) is 12.8 Å². The normalized spacial score (nSPS) is 18.2. The van der Waals surface area contributed by atoms with Crippen molar-refractivity contribution in [3.8, 4) is 0 Å². The van der Waals surface area contributed by atoms with E-state index in [1.165, 1.54) is 25.7 Å². The van der Waals surface area contributed by atoms with E-state index in [-0.39, 0.29) is 0 Å². The van der Waals surface area contributed by atoms with Gasteiger partial charge in [-0.25, -0.2) is 15.0 Å². The van der Waals surface area contributed by atoms with Gasteiger partial charge in [0.1, 0.15) is 16.9 Å². The van der Waals surface area contributed by atoms with Crippen molar-refractivity contribution in [3.63, 3.8) is 0 Å². The maximum absolute atomic E-state index is 4.36. The fourth-order valence-corrected chi connectivity index (χ4v) is 4.03. The van der Waals surface area contributed by atoms with Crippen LogP contribution < -0.4 is 5.32 Å². The zero-order valence-electron chi connectivity index (χ0n) is 11.1. The topological polar surface area (TPSA) is 66.5 Å². The van der Waals surface area contributed by atoms with Crippen molar-refractivity contribution < 1.29 is 0 Å².